The van der Waals surface area contributed by atoms with Crippen LogP contribution >= 0.6 is 28.3 Å². The molecule has 0 spiro atoms. The summed E-state index contributed by atoms with van der Waals surface area (Å²) in [5.41, 5.74) is 0. The number of halogens is 2. The van der Waals surface area contributed by atoms with Crippen molar-refractivity contribution in [2.45, 2.75) is 36.6 Å². The molecule has 124 valence electrons. The Bertz CT molecular complexity index is 597. The minimum Gasteiger partial charge on any atom is -0.314 e. The van der Waals surface area contributed by atoms with E-state index in [2.05, 4.69) is 21.2 Å². The van der Waals surface area contributed by atoms with Gasteiger partial charge in [-0.2, -0.15) is 4.31 Å². The normalized spacial score (nSPS) is 24.1. The predicted molar refractivity (Wildman–Crippen MR) is 93.9 cm³/mol. The zero-order valence-corrected chi connectivity index (χ0v) is 15.6. The Hall–Kier alpha value is -0.140. The van der Waals surface area contributed by atoms with Crippen LogP contribution in [0.5, 0.6) is 0 Å². The van der Waals surface area contributed by atoms with E-state index in [9.17, 15) is 8.42 Å². The van der Waals surface area contributed by atoms with Crippen molar-refractivity contribution in [3.8, 4) is 0 Å². The molecule has 1 N–H and O–H groups in total. The molecule has 2 aliphatic rings. The average Bonchev–Trinajstić information content (AvgIpc) is 3.02. The van der Waals surface area contributed by atoms with Crippen LogP contribution in [0.25, 0.3) is 0 Å². The molecule has 2 aliphatic heterocycles. The van der Waals surface area contributed by atoms with Gasteiger partial charge in [0, 0.05) is 23.6 Å². The van der Waals surface area contributed by atoms with Crippen LogP contribution in [-0.4, -0.2) is 38.4 Å². The lowest BCUT2D eigenvalue weighted by atomic mass is 9.89. The van der Waals surface area contributed by atoms with Gasteiger partial charge in [-0.1, -0.05) is 12.1 Å². The minimum atomic E-state index is -3.37. The highest BCUT2D eigenvalue weighted by molar-refractivity contribution is 9.10. The molecule has 0 aromatic heterocycles. The molecule has 2 fully saturated rings. The molecule has 4 nitrogen and oxygen atoms in total. The summed E-state index contributed by atoms with van der Waals surface area (Å²) in [6.45, 7) is 2.37. The zero-order valence-electron chi connectivity index (χ0n) is 12.4. The Balaban J connectivity index is 0.00000176. The maximum atomic E-state index is 12.7. The van der Waals surface area contributed by atoms with Crippen molar-refractivity contribution < 1.29 is 8.42 Å². The summed E-state index contributed by atoms with van der Waals surface area (Å²) in [4.78, 5) is 0.377. The quantitative estimate of drug-likeness (QED) is 0.835. The Morgan fingerprint density at radius 2 is 1.82 bits per heavy atom. The number of nitrogens with one attached hydrogen (secondary N) is 1. The van der Waals surface area contributed by atoms with Crippen molar-refractivity contribution in [3.63, 3.8) is 0 Å². The van der Waals surface area contributed by atoms with E-state index in [0.29, 0.717) is 34.4 Å². The van der Waals surface area contributed by atoms with Crippen molar-refractivity contribution in [1.82, 2.24) is 9.62 Å². The summed E-state index contributed by atoms with van der Waals surface area (Å²) in [6.07, 6.45) is 4.41. The lowest BCUT2D eigenvalue weighted by molar-refractivity contribution is 0.234. The fourth-order valence-electron chi connectivity index (χ4n) is 3.43. The summed E-state index contributed by atoms with van der Waals surface area (Å²) in [6, 6.07) is 7.65. The molecule has 22 heavy (non-hydrogen) atoms. The van der Waals surface area contributed by atoms with Gasteiger partial charge in [-0.05, 0) is 66.2 Å². The van der Waals surface area contributed by atoms with Crippen LogP contribution in [0.2, 0.25) is 0 Å². The third kappa shape index (κ3) is 3.67. The summed E-state index contributed by atoms with van der Waals surface area (Å²) >= 11 is 3.35. The molecule has 1 aromatic rings. The second-order valence-corrected chi connectivity index (χ2v) is 8.64. The summed E-state index contributed by atoms with van der Waals surface area (Å²) in [7, 11) is -3.37. The summed E-state index contributed by atoms with van der Waals surface area (Å²) in [5.74, 6) is 0.623. The smallest absolute Gasteiger partial charge is 0.244 e. The molecule has 1 atom stereocenters. The second-order valence-electron chi connectivity index (χ2n) is 5.87. The maximum absolute atomic E-state index is 12.7. The Morgan fingerprint density at radius 1 is 1.14 bits per heavy atom. The van der Waals surface area contributed by atoms with Crippen LogP contribution in [0.15, 0.2) is 33.6 Å². The van der Waals surface area contributed by atoms with E-state index in [1.165, 1.54) is 12.8 Å². The van der Waals surface area contributed by atoms with Crippen LogP contribution < -0.4 is 5.32 Å². The van der Waals surface area contributed by atoms with E-state index < -0.39 is 10.0 Å². The van der Waals surface area contributed by atoms with Crippen LogP contribution in [0.3, 0.4) is 0 Å². The SMILES string of the molecule is Cl.O=S(=O)(c1ccccc1Br)N1CCC(C2CCCN2)CC1. The molecule has 1 aromatic carbocycles. The van der Waals surface area contributed by atoms with Crippen LogP contribution in [0.1, 0.15) is 25.7 Å². The molecule has 0 saturated carbocycles. The first-order valence-corrected chi connectivity index (χ1v) is 9.80. The number of nitrogens with zero attached hydrogens (tertiary/aromatic N) is 1. The van der Waals surface area contributed by atoms with E-state index in [-0.39, 0.29) is 12.4 Å². The third-order valence-corrected chi connectivity index (χ3v) is 7.53. The van der Waals surface area contributed by atoms with Gasteiger partial charge in [-0.15, -0.1) is 12.4 Å². The largest absolute Gasteiger partial charge is 0.314 e. The van der Waals surface area contributed by atoms with Gasteiger partial charge in [0.25, 0.3) is 0 Å². The van der Waals surface area contributed by atoms with Gasteiger partial charge < -0.3 is 5.32 Å². The van der Waals surface area contributed by atoms with E-state index in [1.807, 2.05) is 6.07 Å². The van der Waals surface area contributed by atoms with Gasteiger partial charge >= 0.3 is 0 Å². The molecule has 2 heterocycles. The van der Waals surface area contributed by atoms with Gasteiger partial charge in [0.05, 0.1) is 4.90 Å². The second kappa shape index (κ2) is 7.62. The van der Waals surface area contributed by atoms with Gasteiger partial charge in [0.15, 0.2) is 0 Å². The predicted octanol–water partition coefficient (Wildman–Crippen LogP) is 3.02. The van der Waals surface area contributed by atoms with E-state index in [4.69, 9.17) is 0 Å². The van der Waals surface area contributed by atoms with Gasteiger partial charge in [0.2, 0.25) is 10.0 Å². The van der Waals surface area contributed by atoms with Crippen LogP contribution in [0.4, 0.5) is 0 Å². The number of hydrogen-bond acceptors (Lipinski definition) is 3. The lowest BCUT2D eigenvalue weighted by Gasteiger charge is -2.34. The molecule has 0 bridgehead atoms. The highest BCUT2D eigenvalue weighted by Gasteiger charge is 2.34. The van der Waals surface area contributed by atoms with Gasteiger partial charge in [0.1, 0.15) is 0 Å². The van der Waals surface area contributed by atoms with Crippen molar-refractivity contribution in [2.75, 3.05) is 19.6 Å². The molecular weight excluding hydrogens is 388 g/mol. The zero-order chi connectivity index (χ0) is 14.9. The van der Waals surface area contributed by atoms with Crippen LogP contribution in [0, 0.1) is 5.92 Å². The number of benzene rings is 1. The maximum Gasteiger partial charge on any atom is 0.244 e. The Labute approximate surface area is 147 Å². The molecule has 0 aliphatic carbocycles. The lowest BCUT2D eigenvalue weighted by Crippen LogP contribution is -2.43. The van der Waals surface area contributed by atoms with E-state index in [1.54, 1.807) is 22.5 Å². The van der Waals surface area contributed by atoms with Crippen molar-refractivity contribution in [1.29, 1.82) is 0 Å². The molecule has 7 heteroatoms. The fourth-order valence-corrected chi connectivity index (χ4v) is 5.86. The van der Waals surface area contributed by atoms with E-state index in [0.717, 1.165) is 19.4 Å². The summed E-state index contributed by atoms with van der Waals surface area (Å²) in [5, 5.41) is 3.55. The highest BCUT2D eigenvalue weighted by atomic mass is 79.9. The summed E-state index contributed by atoms with van der Waals surface area (Å²) < 4.78 is 27.7. The number of sulfonamides is 1. The van der Waals surface area contributed by atoms with E-state index >= 15 is 0 Å². The van der Waals surface area contributed by atoms with Gasteiger partial charge in [-0.25, -0.2) is 8.42 Å². The first kappa shape index (κ1) is 18.2. The Kier molecular flexibility index (Phi) is 6.30. The third-order valence-electron chi connectivity index (χ3n) is 4.62. The number of rotatable bonds is 3. The van der Waals surface area contributed by atoms with Crippen LogP contribution in [-0.2, 0) is 10.0 Å². The molecule has 3 rings (SSSR count). The standard InChI is InChI=1S/C15H21BrN2O2S.ClH/c16-13-4-1-2-6-15(13)21(19,20)18-10-7-12(8-11-18)14-5-3-9-17-14;/h1-2,4,6,12,14,17H,3,5,7-11H2;1H. The van der Waals surface area contributed by atoms with Gasteiger partial charge in [-0.3, -0.25) is 0 Å². The molecule has 0 radical (unpaired) electrons. The molecule has 2 saturated heterocycles. The first-order valence-electron chi connectivity index (χ1n) is 7.57. The number of piperidine rings is 1. The molecule has 0 amide bonds. The minimum absolute atomic E-state index is 0. The first-order chi connectivity index (χ1) is 10.1. The highest BCUT2D eigenvalue weighted by Crippen LogP contribution is 2.30. The molecular formula is C15H22BrClN2O2S. The van der Waals surface area contributed by atoms with Crippen molar-refractivity contribution in [2.24, 2.45) is 5.92 Å². The fraction of sp³-hybridized carbons (Fsp3) is 0.600. The monoisotopic (exact) mass is 408 g/mol. The van der Waals surface area contributed by atoms with Crippen molar-refractivity contribution in [3.05, 3.63) is 28.7 Å². The van der Waals surface area contributed by atoms with Crippen molar-refractivity contribution >= 4 is 38.4 Å². The topological polar surface area (TPSA) is 49.4 Å². The Morgan fingerprint density at radius 3 is 2.41 bits per heavy atom. The average molecular weight is 410 g/mol. The molecule has 1 unspecified atom stereocenters. The number of hydrogen-bond donors (Lipinski definition) is 1.